The second kappa shape index (κ2) is 8.40. The molecule has 0 saturated heterocycles. The number of benzene rings is 2. The first kappa shape index (κ1) is 18.5. The Morgan fingerprint density at radius 3 is 2.63 bits per heavy atom. The molecule has 0 saturated carbocycles. The number of carbonyl (C=O) groups is 2. The van der Waals surface area contributed by atoms with Gasteiger partial charge in [-0.1, -0.05) is 36.4 Å². The summed E-state index contributed by atoms with van der Waals surface area (Å²) in [6, 6.07) is 15.7. The number of hydrogen-bond donors (Lipinski definition) is 1. The van der Waals surface area contributed by atoms with Crippen molar-refractivity contribution in [2.45, 2.75) is 13.3 Å². The Hall–Kier alpha value is -3.28. The molecule has 5 nitrogen and oxygen atoms in total. The molecule has 3 aromatic rings. The molecule has 3 rings (SSSR count). The van der Waals surface area contributed by atoms with E-state index < -0.39 is 0 Å². The first-order chi connectivity index (χ1) is 13.1. The van der Waals surface area contributed by atoms with E-state index in [1.165, 1.54) is 17.9 Å². The van der Waals surface area contributed by atoms with Gasteiger partial charge >= 0.3 is 0 Å². The highest BCUT2D eigenvalue weighted by molar-refractivity contribution is 6.04. The maximum atomic E-state index is 13.6. The summed E-state index contributed by atoms with van der Waals surface area (Å²) in [5.41, 5.74) is 1.79. The first-order valence-corrected chi connectivity index (χ1v) is 8.68. The third kappa shape index (κ3) is 4.47. The normalized spacial score (nSPS) is 10.6. The van der Waals surface area contributed by atoms with Gasteiger partial charge in [-0.25, -0.2) is 4.39 Å². The Bertz CT molecular complexity index is 969. The molecule has 0 atom stereocenters. The SMILES string of the molecule is CC(=O)N(CC(=O)NCCc1ccccc1F)c1cccc2cccnc12. The average molecular weight is 365 g/mol. The topological polar surface area (TPSA) is 62.3 Å². The summed E-state index contributed by atoms with van der Waals surface area (Å²) in [4.78, 5) is 30.2. The van der Waals surface area contributed by atoms with E-state index in [0.717, 1.165) is 5.39 Å². The molecule has 0 spiro atoms. The third-order valence-electron chi connectivity index (χ3n) is 4.26. The molecule has 138 valence electrons. The number of fused-ring (bicyclic) bond motifs is 1. The molecule has 0 bridgehead atoms. The molecule has 0 aliphatic carbocycles. The highest BCUT2D eigenvalue weighted by Gasteiger charge is 2.18. The Morgan fingerprint density at radius 1 is 1.07 bits per heavy atom. The van der Waals surface area contributed by atoms with E-state index in [1.54, 1.807) is 30.5 Å². The van der Waals surface area contributed by atoms with Crippen LogP contribution < -0.4 is 10.2 Å². The van der Waals surface area contributed by atoms with Crippen LogP contribution in [-0.2, 0) is 16.0 Å². The lowest BCUT2D eigenvalue weighted by Gasteiger charge is -2.21. The molecule has 2 aromatic carbocycles. The predicted octanol–water partition coefficient (Wildman–Crippen LogP) is 3.09. The zero-order valence-electron chi connectivity index (χ0n) is 15.0. The molecular formula is C21H20FN3O2. The summed E-state index contributed by atoms with van der Waals surface area (Å²) < 4.78 is 13.6. The van der Waals surface area contributed by atoms with Crippen molar-refractivity contribution >= 4 is 28.4 Å². The fourth-order valence-electron chi connectivity index (χ4n) is 2.91. The van der Waals surface area contributed by atoms with Crippen LogP contribution >= 0.6 is 0 Å². The minimum absolute atomic E-state index is 0.123. The smallest absolute Gasteiger partial charge is 0.240 e. The van der Waals surface area contributed by atoms with Crippen molar-refractivity contribution in [2.24, 2.45) is 0 Å². The molecule has 1 N–H and O–H groups in total. The summed E-state index contributed by atoms with van der Waals surface area (Å²) in [6.45, 7) is 1.58. The zero-order chi connectivity index (χ0) is 19.2. The molecule has 1 aromatic heterocycles. The number of rotatable bonds is 6. The van der Waals surface area contributed by atoms with Crippen LogP contribution in [0.3, 0.4) is 0 Å². The van der Waals surface area contributed by atoms with Crippen molar-refractivity contribution in [2.75, 3.05) is 18.0 Å². The van der Waals surface area contributed by atoms with Gasteiger partial charge in [0.05, 0.1) is 11.2 Å². The van der Waals surface area contributed by atoms with Gasteiger partial charge in [0.15, 0.2) is 0 Å². The van der Waals surface area contributed by atoms with Crippen LogP contribution in [-0.4, -0.2) is 29.9 Å². The van der Waals surface area contributed by atoms with Gasteiger partial charge in [0.1, 0.15) is 12.4 Å². The van der Waals surface area contributed by atoms with E-state index in [1.807, 2.05) is 24.3 Å². The Kier molecular flexibility index (Phi) is 5.76. The van der Waals surface area contributed by atoms with Gasteiger partial charge < -0.3 is 10.2 Å². The number of pyridine rings is 1. The highest BCUT2D eigenvalue weighted by Crippen LogP contribution is 2.24. The number of halogens is 1. The Balaban J connectivity index is 1.68. The van der Waals surface area contributed by atoms with Gasteiger partial charge in [0.2, 0.25) is 11.8 Å². The Morgan fingerprint density at radius 2 is 1.85 bits per heavy atom. The second-order valence-electron chi connectivity index (χ2n) is 6.15. The number of carbonyl (C=O) groups excluding carboxylic acids is 2. The first-order valence-electron chi connectivity index (χ1n) is 8.68. The molecule has 2 amide bonds. The summed E-state index contributed by atoms with van der Waals surface area (Å²) in [5.74, 6) is -0.856. The number of hydrogen-bond acceptors (Lipinski definition) is 3. The van der Waals surface area contributed by atoms with Gasteiger partial charge in [-0.05, 0) is 30.2 Å². The lowest BCUT2D eigenvalue weighted by molar-refractivity contribution is -0.123. The van der Waals surface area contributed by atoms with E-state index in [4.69, 9.17) is 0 Å². The van der Waals surface area contributed by atoms with E-state index >= 15 is 0 Å². The number of para-hydroxylation sites is 1. The molecule has 1 heterocycles. The van der Waals surface area contributed by atoms with Crippen molar-refractivity contribution in [1.82, 2.24) is 10.3 Å². The van der Waals surface area contributed by atoms with E-state index in [0.29, 0.717) is 29.7 Å². The van der Waals surface area contributed by atoms with Crippen LogP contribution in [0.15, 0.2) is 60.8 Å². The fraction of sp³-hybridized carbons (Fsp3) is 0.190. The Labute approximate surface area is 156 Å². The van der Waals surface area contributed by atoms with Gasteiger partial charge in [0.25, 0.3) is 0 Å². The van der Waals surface area contributed by atoms with Crippen molar-refractivity contribution in [3.8, 4) is 0 Å². The van der Waals surface area contributed by atoms with Crippen LogP contribution in [0, 0.1) is 5.82 Å². The van der Waals surface area contributed by atoms with Gasteiger partial charge in [-0.2, -0.15) is 0 Å². The summed E-state index contributed by atoms with van der Waals surface area (Å²) in [5, 5.41) is 3.63. The number of anilines is 1. The average Bonchev–Trinajstić information content (AvgIpc) is 2.67. The van der Waals surface area contributed by atoms with Crippen LogP contribution in [0.2, 0.25) is 0 Å². The van der Waals surface area contributed by atoms with Crippen molar-refractivity contribution in [1.29, 1.82) is 0 Å². The van der Waals surface area contributed by atoms with E-state index in [2.05, 4.69) is 10.3 Å². The predicted molar refractivity (Wildman–Crippen MR) is 103 cm³/mol. The number of nitrogens with one attached hydrogen (secondary N) is 1. The maximum Gasteiger partial charge on any atom is 0.240 e. The van der Waals surface area contributed by atoms with Gasteiger partial charge in [-0.15, -0.1) is 0 Å². The quantitative estimate of drug-likeness (QED) is 0.730. The minimum Gasteiger partial charge on any atom is -0.354 e. The van der Waals surface area contributed by atoms with Gasteiger partial charge in [-0.3, -0.25) is 14.6 Å². The van der Waals surface area contributed by atoms with E-state index in [9.17, 15) is 14.0 Å². The molecule has 0 unspecified atom stereocenters. The largest absolute Gasteiger partial charge is 0.354 e. The van der Waals surface area contributed by atoms with Crippen LogP contribution in [0.4, 0.5) is 10.1 Å². The second-order valence-corrected chi connectivity index (χ2v) is 6.15. The summed E-state index contributed by atoms with van der Waals surface area (Å²) >= 11 is 0. The minimum atomic E-state index is -0.311. The van der Waals surface area contributed by atoms with Crippen LogP contribution in [0.5, 0.6) is 0 Å². The van der Waals surface area contributed by atoms with E-state index in [-0.39, 0.29) is 24.2 Å². The fourth-order valence-corrected chi connectivity index (χ4v) is 2.91. The van der Waals surface area contributed by atoms with Crippen LogP contribution in [0.1, 0.15) is 12.5 Å². The molecule has 0 radical (unpaired) electrons. The standard InChI is InChI=1S/C21H20FN3O2/c1-15(26)25(19-10-4-7-17-8-5-12-24-21(17)19)14-20(27)23-13-11-16-6-2-3-9-18(16)22/h2-10,12H,11,13-14H2,1H3,(H,23,27). The lowest BCUT2D eigenvalue weighted by atomic mass is 10.1. The monoisotopic (exact) mass is 365 g/mol. The maximum absolute atomic E-state index is 13.6. The molecule has 0 aliphatic rings. The lowest BCUT2D eigenvalue weighted by Crippen LogP contribution is -2.40. The van der Waals surface area contributed by atoms with Crippen molar-refractivity contribution in [3.63, 3.8) is 0 Å². The molecular weight excluding hydrogens is 345 g/mol. The zero-order valence-corrected chi connectivity index (χ0v) is 15.0. The van der Waals surface area contributed by atoms with Crippen LogP contribution in [0.25, 0.3) is 10.9 Å². The van der Waals surface area contributed by atoms with Gasteiger partial charge in [0, 0.05) is 25.1 Å². The molecule has 27 heavy (non-hydrogen) atoms. The highest BCUT2D eigenvalue weighted by atomic mass is 19.1. The molecule has 0 aliphatic heterocycles. The number of amides is 2. The number of nitrogens with zero attached hydrogens (tertiary/aromatic N) is 2. The summed E-state index contributed by atoms with van der Waals surface area (Å²) in [6.07, 6.45) is 2.03. The number of aromatic nitrogens is 1. The summed E-state index contributed by atoms with van der Waals surface area (Å²) in [7, 11) is 0. The van der Waals surface area contributed by atoms with Crippen molar-refractivity contribution < 1.29 is 14.0 Å². The molecule has 6 heteroatoms. The van der Waals surface area contributed by atoms with Crippen molar-refractivity contribution in [3.05, 3.63) is 72.2 Å². The molecule has 0 fully saturated rings. The third-order valence-corrected chi connectivity index (χ3v) is 4.26.